The first-order chi connectivity index (χ1) is 11.8. The van der Waals surface area contributed by atoms with Crippen molar-refractivity contribution in [3.63, 3.8) is 0 Å². The Morgan fingerprint density at radius 3 is 2.17 bits per heavy atom. The highest BCUT2D eigenvalue weighted by Crippen LogP contribution is 2.43. The smallest absolute Gasteiger partial charge is 0.132 e. The van der Waals surface area contributed by atoms with Crippen LogP contribution < -0.4 is 10.5 Å². The predicted molar refractivity (Wildman–Crippen MR) is 97.1 cm³/mol. The molecule has 3 atom stereocenters. The first-order valence-electron chi connectivity index (χ1n) is 8.43. The van der Waals surface area contributed by atoms with E-state index in [1.54, 1.807) is 0 Å². The highest BCUT2D eigenvalue weighted by Gasteiger charge is 2.37. The van der Waals surface area contributed by atoms with Crippen LogP contribution in [0.3, 0.4) is 0 Å². The summed E-state index contributed by atoms with van der Waals surface area (Å²) in [5.74, 6) is 1.03. The number of nitrogens with two attached hydrogens (primary N) is 1. The van der Waals surface area contributed by atoms with Gasteiger partial charge in [-0.3, -0.25) is 0 Å². The normalized spacial score (nSPS) is 20.4. The molecule has 2 heteroatoms. The minimum absolute atomic E-state index is 0.0660. The monoisotopic (exact) mass is 315 g/mol. The fraction of sp³-hybridized carbons (Fsp3) is 0.182. The fourth-order valence-corrected chi connectivity index (χ4v) is 3.68. The number of fused-ring (bicyclic) bond motifs is 1. The van der Waals surface area contributed by atoms with Crippen LogP contribution in [0.25, 0.3) is 0 Å². The number of hydrogen-bond donors (Lipinski definition) is 1. The van der Waals surface area contributed by atoms with E-state index in [0.29, 0.717) is 0 Å². The number of hydrogen-bond acceptors (Lipinski definition) is 2. The van der Waals surface area contributed by atoms with Gasteiger partial charge in [0.2, 0.25) is 0 Å². The molecule has 3 aromatic carbocycles. The van der Waals surface area contributed by atoms with Gasteiger partial charge in [-0.1, -0.05) is 72.8 Å². The zero-order valence-corrected chi connectivity index (χ0v) is 13.5. The minimum Gasteiger partial charge on any atom is -0.485 e. The second kappa shape index (κ2) is 6.50. The van der Waals surface area contributed by atoms with Crippen molar-refractivity contribution in [1.29, 1.82) is 0 Å². The summed E-state index contributed by atoms with van der Waals surface area (Å²) < 4.78 is 6.43. The van der Waals surface area contributed by atoms with Crippen molar-refractivity contribution >= 4 is 0 Å². The van der Waals surface area contributed by atoms with Crippen LogP contribution in [0, 0.1) is 0 Å². The van der Waals surface area contributed by atoms with Gasteiger partial charge in [-0.2, -0.15) is 0 Å². The summed E-state index contributed by atoms with van der Waals surface area (Å²) in [5.41, 5.74) is 10.4. The maximum atomic E-state index is 6.54. The molecule has 3 aromatic rings. The molecule has 0 amide bonds. The number of rotatable bonds is 4. The van der Waals surface area contributed by atoms with Gasteiger partial charge in [0.15, 0.2) is 0 Å². The fourth-order valence-electron chi connectivity index (χ4n) is 3.68. The number of para-hydroxylation sites is 1. The average Bonchev–Trinajstić information content (AvgIpc) is 2.97. The predicted octanol–water partition coefficient (Wildman–Crippen LogP) is 4.47. The Labute approximate surface area is 142 Å². The zero-order chi connectivity index (χ0) is 16.4. The molecule has 0 bridgehead atoms. The molecule has 1 aliphatic carbocycles. The Hall–Kier alpha value is -2.58. The molecule has 2 N–H and O–H groups in total. The molecule has 24 heavy (non-hydrogen) atoms. The Kier molecular flexibility index (Phi) is 4.06. The molecule has 0 heterocycles. The molecule has 4 rings (SSSR count). The van der Waals surface area contributed by atoms with Gasteiger partial charge in [-0.15, -0.1) is 0 Å². The lowest BCUT2D eigenvalue weighted by atomic mass is 9.88. The third-order valence-corrected chi connectivity index (χ3v) is 4.79. The summed E-state index contributed by atoms with van der Waals surface area (Å²) in [6.45, 7) is 0. The molecule has 0 saturated heterocycles. The summed E-state index contributed by atoms with van der Waals surface area (Å²) in [5, 5.41) is 0. The second-order valence-electron chi connectivity index (χ2n) is 6.35. The van der Waals surface area contributed by atoms with E-state index in [4.69, 9.17) is 10.5 Å². The highest BCUT2D eigenvalue weighted by molar-refractivity contribution is 5.41. The van der Waals surface area contributed by atoms with Crippen LogP contribution in [0.2, 0.25) is 0 Å². The van der Waals surface area contributed by atoms with E-state index in [2.05, 4.69) is 48.5 Å². The van der Waals surface area contributed by atoms with Gasteiger partial charge in [-0.25, -0.2) is 0 Å². The van der Waals surface area contributed by atoms with E-state index >= 15 is 0 Å². The average molecular weight is 315 g/mol. The van der Waals surface area contributed by atoms with E-state index in [0.717, 1.165) is 12.2 Å². The molecule has 0 radical (unpaired) electrons. The van der Waals surface area contributed by atoms with E-state index < -0.39 is 0 Å². The van der Waals surface area contributed by atoms with Gasteiger partial charge in [-0.05, 0) is 35.2 Å². The molecule has 0 spiro atoms. The maximum absolute atomic E-state index is 6.54. The number of benzene rings is 3. The van der Waals surface area contributed by atoms with Crippen molar-refractivity contribution < 1.29 is 4.74 Å². The molecule has 0 aliphatic heterocycles. The van der Waals surface area contributed by atoms with Crippen LogP contribution in [-0.2, 0) is 6.42 Å². The maximum Gasteiger partial charge on any atom is 0.132 e. The van der Waals surface area contributed by atoms with E-state index in [-0.39, 0.29) is 18.1 Å². The Morgan fingerprint density at radius 2 is 1.42 bits per heavy atom. The molecule has 0 fully saturated rings. The molecule has 1 aliphatic rings. The van der Waals surface area contributed by atoms with Crippen LogP contribution in [0.4, 0.5) is 0 Å². The Balaban J connectivity index is 1.76. The third-order valence-electron chi connectivity index (χ3n) is 4.79. The molecule has 0 saturated carbocycles. The minimum atomic E-state index is -0.0905. The largest absolute Gasteiger partial charge is 0.485 e. The lowest BCUT2D eigenvalue weighted by Gasteiger charge is -2.29. The van der Waals surface area contributed by atoms with Crippen LogP contribution in [0.15, 0.2) is 84.9 Å². The van der Waals surface area contributed by atoms with Crippen molar-refractivity contribution in [2.45, 2.75) is 24.5 Å². The van der Waals surface area contributed by atoms with Crippen LogP contribution >= 0.6 is 0 Å². The van der Waals surface area contributed by atoms with Crippen LogP contribution in [0.1, 0.15) is 28.7 Å². The molecule has 0 aromatic heterocycles. The standard InChI is InChI=1S/C22H21NO/c23-20-15-17-11-7-8-14-19(17)21(20)22(16-9-3-1-4-10-16)24-18-12-5-2-6-13-18/h1-14,20-22H,15,23H2. The van der Waals surface area contributed by atoms with E-state index in [1.165, 1.54) is 16.7 Å². The topological polar surface area (TPSA) is 35.2 Å². The lowest BCUT2D eigenvalue weighted by Crippen LogP contribution is -2.31. The molecule has 3 unspecified atom stereocenters. The van der Waals surface area contributed by atoms with Crippen molar-refractivity contribution in [3.05, 3.63) is 102 Å². The van der Waals surface area contributed by atoms with Gasteiger partial charge in [0.1, 0.15) is 11.9 Å². The van der Waals surface area contributed by atoms with Crippen LogP contribution in [0.5, 0.6) is 5.75 Å². The SMILES string of the molecule is NC1Cc2ccccc2C1C(Oc1ccccc1)c1ccccc1. The van der Waals surface area contributed by atoms with Gasteiger partial charge >= 0.3 is 0 Å². The lowest BCUT2D eigenvalue weighted by molar-refractivity contribution is 0.163. The summed E-state index contributed by atoms with van der Waals surface area (Å²) in [6, 6.07) is 29.0. The summed E-state index contributed by atoms with van der Waals surface area (Å²) in [7, 11) is 0. The first-order valence-corrected chi connectivity index (χ1v) is 8.43. The molecular formula is C22H21NO. The molecular weight excluding hydrogens is 294 g/mol. The first kappa shape index (κ1) is 15.0. The van der Waals surface area contributed by atoms with Gasteiger partial charge in [0.05, 0.1) is 0 Å². The second-order valence-corrected chi connectivity index (χ2v) is 6.35. The summed E-state index contributed by atoms with van der Waals surface area (Å²) in [4.78, 5) is 0. The van der Waals surface area contributed by atoms with Crippen molar-refractivity contribution in [1.82, 2.24) is 0 Å². The molecule has 2 nitrogen and oxygen atoms in total. The van der Waals surface area contributed by atoms with Crippen molar-refractivity contribution in [2.75, 3.05) is 0 Å². The van der Waals surface area contributed by atoms with Gasteiger partial charge in [0, 0.05) is 12.0 Å². The Morgan fingerprint density at radius 1 is 0.792 bits per heavy atom. The van der Waals surface area contributed by atoms with E-state index in [1.807, 2.05) is 36.4 Å². The van der Waals surface area contributed by atoms with Crippen LogP contribution in [-0.4, -0.2) is 6.04 Å². The van der Waals surface area contributed by atoms with Crippen molar-refractivity contribution in [3.8, 4) is 5.75 Å². The van der Waals surface area contributed by atoms with E-state index in [9.17, 15) is 0 Å². The summed E-state index contributed by atoms with van der Waals surface area (Å²) >= 11 is 0. The highest BCUT2D eigenvalue weighted by atomic mass is 16.5. The van der Waals surface area contributed by atoms with Crippen molar-refractivity contribution in [2.24, 2.45) is 5.73 Å². The zero-order valence-electron chi connectivity index (χ0n) is 13.5. The quantitative estimate of drug-likeness (QED) is 0.771. The third kappa shape index (κ3) is 2.81. The number of ether oxygens (including phenoxy) is 1. The molecule has 120 valence electrons. The summed E-state index contributed by atoms with van der Waals surface area (Å²) in [6.07, 6.45) is 0.815. The van der Waals surface area contributed by atoms with Gasteiger partial charge in [0.25, 0.3) is 0 Å². The Bertz CT molecular complexity index is 800. The van der Waals surface area contributed by atoms with Gasteiger partial charge < -0.3 is 10.5 Å².